The number of aromatic nitrogens is 2. The van der Waals surface area contributed by atoms with Gasteiger partial charge in [0, 0.05) is 36.1 Å². The van der Waals surface area contributed by atoms with Crippen molar-refractivity contribution in [3.63, 3.8) is 0 Å². The van der Waals surface area contributed by atoms with Gasteiger partial charge in [-0.1, -0.05) is 11.6 Å². The molecule has 1 fully saturated rings. The number of nitrogens with one attached hydrogen (secondary N) is 1. The Bertz CT molecular complexity index is 1030. The average molecular weight is 385 g/mol. The zero-order valence-electron chi connectivity index (χ0n) is 14.8. The van der Waals surface area contributed by atoms with Crippen LogP contribution >= 0.6 is 11.6 Å². The minimum atomic E-state index is -0.493. The second-order valence-electron chi connectivity index (χ2n) is 6.62. The van der Waals surface area contributed by atoms with Crippen molar-refractivity contribution in [2.24, 2.45) is 0 Å². The number of halogens is 2. The van der Waals surface area contributed by atoms with Crippen LogP contribution in [0.25, 0.3) is 11.0 Å². The van der Waals surface area contributed by atoms with Gasteiger partial charge in [0.05, 0.1) is 16.3 Å². The molecular weight excluding hydrogens is 367 g/mol. The molecule has 138 valence electrons. The van der Waals surface area contributed by atoms with Crippen LogP contribution in [-0.2, 0) is 0 Å². The number of amides is 1. The number of hydrogen-bond donors (Lipinski definition) is 1. The third kappa shape index (κ3) is 3.45. The summed E-state index contributed by atoms with van der Waals surface area (Å²) in [5.74, 6) is -0.564. The number of fused-ring (bicyclic) bond motifs is 1. The summed E-state index contributed by atoms with van der Waals surface area (Å²) in [6.45, 7) is 3.37. The molecule has 0 radical (unpaired) electrons. The lowest BCUT2D eigenvalue weighted by Gasteiger charge is -2.19. The van der Waals surface area contributed by atoms with Gasteiger partial charge in [0.2, 0.25) is 0 Å². The van der Waals surface area contributed by atoms with Gasteiger partial charge in [0.15, 0.2) is 5.65 Å². The van der Waals surface area contributed by atoms with Crippen LogP contribution in [0, 0.1) is 12.7 Å². The number of carbonyl (C=O) groups excluding carboxylic acids is 1. The fourth-order valence-corrected chi connectivity index (χ4v) is 3.46. The van der Waals surface area contributed by atoms with Crippen LogP contribution < -0.4 is 5.32 Å². The summed E-state index contributed by atoms with van der Waals surface area (Å²) in [6.07, 6.45) is 3.57. The maximum atomic E-state index is 13.5. The summed E-state index contributed by atoms with van der Waals surface area (Å²) < 4.78 is 13.5. The predicted molar refractivity (Wildman–Crippen MR) is 104 cm³/mol. The number of hydrogen-bond acceptors (Lipinski definition) is 4. The van der Waals surface area contributed by atoms with E-state index in [2.05, 4.69) is 15.3 Å². The van der Waals surface area contributed by atoms with E-state index in [0.717, 1.165) is 37.0 Å². The molecule has 1 aliphatic heterocycles. The monoisotopic (exact) mass is 384 g/mol. The third-order valence-electron chi connectivity index (χ3n) is 4.68. The van der Waals surface area contributed by atoms with Crippen molar-refractivity contribution in [1.82, 2.24) is 14.9 Å². The van der Waals surface area contributed by atoms with Crippen molar-refractivity contribution < 1.29 is 9.18 Å². The van der Waals surface area contributed by atoms with Crippen LogP contribution in [0.5, 0.6) is 0 Å². The molecule has 1 saturated heterocycles. The number of benzene rings is 1. The van der Waals surface area contributed by atoms with Crippen molar-refractivity contribution in [1.29, 1.82) is 0 Å². The van der Waals surface area contributed by atoms with E-state index in [1.807, 2.05) is 24.0 Å². The second-order valence-corrected chi connectivity index (χ2v) is 7.03. The average Bonchev–Trinajstić information content (AvgIpc) is 3.19. The molecule has 0 saturated carbocycles. The van der Waals surface area contributed by atoms with Crippen LogP contribution in [0.3, 0.4) is 0 Å². The fourth-order valence-electron chi connectivity index (χ4n) is 3.28. The Morgan fingerprint density at radius 2 is 2.00 bits per heavy atom. The molecule has 4 rings (SSSR count). The first kappa shape index (κ1) is 17.7. The number of aryl methyl sites for hydroxylation is 1. The van der Waals surface area contributed by atoms with Crippen LogP contribution in [0.15, 0.2) is 36.5 Å². The first-order valence-electron chi connectivity index (χ1n) is 8.80. The molecule has 7 heteroatoms. The molecule has 0 spiro atoms. The molecule has 0 unspecified atom stereocenters. The quantitative estimate of drug-likeness (QED) is 0.710. The van der Waals surface area contributed by atoms with E-state index in [4.69, 9.17) is 11.6 Å². The molecule has 1 N–H and O–H groups in total. The van der Waals surface area contributed by atoms with Gasteiger partial charge in [0.25, 0.3) is 5.91 Å². The Hall–Kier alpha value is -2.73. The lowest BCUT2D eigenvalue weighted by Crippen LogP contribution is -2.28. The molecule has 27 heavy (non-hydrogen) atoms. The van der Waals surface area contributed by atoms with Crippen LogP contribution in [0.4, 0.5) is 15.8 Å². The molecule has 0 bridgehead atoms. The number of anilines is 2. The topological polar surface area (TPSA) is 58.1 Å². The SMILES string of the molecule is Cc1ccc2c(Nc3ccc(F)c(Cl)c3)c(C(=O)N3CCCC3)cnc2n1. The molecule has 5 nitrogen and oxygen atoms in total. The summed E-state index contributed by atoms with van der Waals surface area (Å²) in [4.78, 5) is 23.7. The first-order valence-corrected chi connectivity index (χ1v) is 9.18. The number of likely N-dealkylation sites (tertiary alicyclic amines) is 1. The van der Waals surface area contributed by atoms with Gasteiger partial charge < -0.3 is 10.2 Å². The number of pyridine rings is 2. The zero-order chi connectivity index (χ0) is 19.0. The Morgan fingerprint density at radius 1 is 1.22 bits per heavy atom. The third-order valence-corrected chi connectivity index (χ3v) is 4.97. The highest BCUT2D eigenvalue weighted by Crippen LogP contribution is 2.31. The molecule has 2 aromatic heterocycles. The number of nitrogens with zero attached hydrogens (tertiary/aromatic N) is 3. The van der Waals surface area contributed by atoms with Gasteiger partial charge in [-0.25, -0.2) is 14.4 Å². The maximum absolute atomic E-state index is 13.5. The van der Waals surface area contributed by atoms with Crippen molar-refractivity contribution >= 4 is 39.9 Å². The Morgan fingerprint density at radius 3 is 2.74 bits per heavy atom. The Labute approximate surface area is 161 Å². The molecule has 0 atom stereocenters. The summed E-state index contributed by atoms with van der Waals surface area (Å²) in [5.41, 5.74) is 3.04. The van der Waals surface area contributed by atoms with Crippen molar-refractivity contribution in [2.75, 3.05) is 18.4 Å². The zero-order valence-corrected chi connectivity index (χ0v) is 15.6. The maximum Gasteiger partial charge on any atom is 0.257 e. The number of rotatable bonds is 3. The van der Waals surface area contributed by atoms with Crippen LogP contribution in [0.2, 0.25) is 5.02 Å². The smallest absolute Gasteiger partial charge is 0.257 e. The van der Waals surface area contributed by atoms with E-state index in [1.54, 1.807) is 12.3 Å². The van der Waals surface area contributed by atoms with Crippen LogP contribution in [0.1, 0.15) is 28.9 Å². The second kappa shape index (κ2) is 7.12. The lowest BCUT2D eigenvalue weighted by molar-refractivity contribution is 0.0793. The van der Waals surface area contributed by atoms with Gasteiger partial charge in [-0.05, 0) is 50.1 Å². The standard InChI is InChI=1S/C20H18ClFN4O/c1-12-4-6-14-18(25-13-5-7-17(22)16(21)10-13)15(11-23-19(14)24-12)20(27)26-8-2-3-9-26/h4-7,10-11H,2-3,8-9H2,1H3,(H,23,24,25). The molecule has 3 aromatic rings. The minimum Gasteiger partial charge on any atom is -0.354 e. The normalized spacial score (nSPS) is 14.0. The van der Waals surface area contributed by atoms with E-state index in [1.165, 1.54) is 12.1 Å². The molecule has 1 aliphatic rings. The van der Waals surface area contributed by atoms with E-state index in [9.17, 15) is 9.18 Å². The summed E-state index contributed by atoms with van der Waals surface area (Å²) in [6, 6.07) is 8.13. The molecule has 0 aliphatic carbocycles. The van der Waals surface area contributed by atoms with Crippen molar-refractivity contribution in [3.05, 3.63) is 58.6 Å². The predicted octanol–water partition coefficient (Wildman–Crippen LogP) is 4.71. The first-order chi connectivity index (χ1) is 13.0. The van der Waals surface area contributed by atoms with E-state index >= 15 is 0 Å². The highest BCUT2D eigenvalue weighted by atomic mass is 35.5. The van der Waals surface area contributed by atoms with E-state index in [-0.39, 0.29) is 10.9 Å². The highest BCUT2D eigenvalue weighted by molar-refractivity contribution is 6.31. The minimum absolute atomic E-state index is 0.0137. The Balaban J connectivity index is 1.84. The summed E-state index contributed by atoms with van der Waals surface area (Å²) in [5, 5.41) is 3.97. The fraction of sp³-hybridized carbons (Fsp3) is 0.250. The largest absolute Gasteiger partial charge is 0.354 e. The Kier molecular flexibility index (Phi) is 4.66. The highest BCUT2D eigenvalue weighted by Gasteiger charge is 2.24. The van der Waals surface area contributed by atoms with Crippen molar-refractivity contribution in [3.8, 4) is 0 Å². The van der Waals surface area contributed by atoms with Crippen LogP contribution in [-0.4, -0.2) is 33.9 Å². The van der Waals surface area contributed by atoms with Gasteiger partial charge in [-0.3, -0.25) is 4.79 Å². The molecule has 1 amide bonds. The molecule has 3 heterocycles. The molecular formula is C20H18ClFN4O. The van der Waals surface area contributed by atoms with Gasteiger partial charge in [-0.15, -0.1) is 0 Å². The lowest BCUT2D eigenvalue weighted by atomic mass is 10.1. The van der Waals surface area contributed by atoms with Gasteiger partial charge in [0.1, 0.15) is 5.82 Å². The van der Waals surface area contributed by atoms with Crippen molar-refractivity contribution in [2.45, 2.75) is 19.8 Å². The van der Waals surface area contributed by atoms with Gasteiger partial charge in [-0.2, -0.15) is 0 Å². The van der Waals surface area contributed by atoms with E-state index in [0.29, 0.717) is 22.6 Å². The van der Waals surface area contributed by atoms with E-state index < -0.39 is 5.82 Å². The summed E-state index contributed by atoms with van der Waals surface area (Å²) in [7, 11) is 0. The molecule has 1 aromatic carbocycles. The summed E-state index contributed by atoms with van der Waals surface area (Å²) >= 11 is 5.91. The number of carbonyl (C=O) groups is 1. The van der Waals surface area contributed by atoms with Gasteiger partial charge >= 0.3 is 0 Å².